The topological polar surface area (TPSA) is 46.2 Å². The zero-order valence-corrected chi connectivity index (χ0v) is 12.5. The molecule has 0 fully saturated rings. The predicted molar refractivity (Wildman–Crippen MR) is 77.8 cm³/mol. The molecule has 1 rings (SSSR count). The van der Waals surface area contributed by atoms with E-state index in [0.717, 1.165) is 12.1 Å². The minimum absolute atomic E-state index is 0.160. The average molecular weight is 269 g/mol. The standard InChI is InChI=1S/C14H23NO2S/c1-5-12-7-6-8-13(11-12)15-9-10-18(16,17)14(2,3)4/h6-8,11,15H,5,9-10H2,1-4H3. The van der Waals surface area contributed by atoms with E-state index in [2.05, 4.69) is 24.4 Å². The van der Waals surface area contributed by atoms with Gasteiger partial charge in [-0.2, -0.15) is 0 Å². The van der Waals surface area contributed by atoms with Crippen molar-refractivity contribution in [1.82, 2.24) is 0 Å². The molecule has 0 amide bonds. The van der Waals surface area contributed by atoms with E-state index in [1.807, 2.05) is 12.1 Å². The van der Waals surface area contributed by atoms with Gasteiger partial charge in [-0.25, -0.2) is 8.42 Å². The van der Waals surface area contributed by atoms with Crippen molar-refractivity contribution in [3.05, 3.63) is 29.8 Å². The molecule has 0 aliphatic rings. The fraction of sp³-hybridized carbons (Fsp3) is 0.571. The molecular formula is C14H23NO2S. The van der Waals surface area contributed by atoms with Crippen LogP contribution in [0.25, 0.3) is 0 Å². The van der Waals surface area contributed by atoms with Crippen molar-refractivity contribution in [3.63, 3.8) is 0 Å². The van der Waals surface area contributed by atoms with Gasteiger partial charge in [0.1, 0.15) is 0 Å². The van der Waals surface area contributed by atoms with E-state index in [9.17, 15) is 8.42 Å². The van der Waals surface area contributed by atoms with E-state index in [4.69, 9.17) is 0 Å². The van der Waals surface area contributed by atoms with Crippen molar-refractivity contribution in [1.29, 1.82) is 0 Å². The smallest absolute Gasteiger partial charge is 0.156 e. The van der Waals surface area contributed by atoms with E-state index in [1.165, 1.54) is 5.56 Å². The number of sulfone groups is 1. The summed E-state index contributed by atoms with van der Waals surface area (Å²) in [6, 6.07) is 8.07. The van der Waals surface area contributed by atoms with E-state index in [-0.39, 0.29) is 5.75 Å². The highest BCUT2D eigenvalue weighted by atomic mass is 32.2. The molecule has 0 saturated heterocycles. The number of benzene rings is 1. The number of nitrogens with one attached hydrogen (secondary N) is 1. The van der Waals surface area contributed by atoms with Gasteiger partial charge < -0.3 is 5.32 Å². The third kappa shape index (κ3) is 4.02. The Hall–Kier alpha value is -1.03. The Morgan fingerprint density at radius 1 is 1.22 bits per heavy atom. The van der Waals surface area contributed by atoms with Crippen LogP contribution >= 0.6 is 0 Å². The molecule has 0 aliphatic heterocycles. The number of aryl methyl sites for hydroxylation is 1. The van der Waals surface area contributed by atoms with Crippen molar-refractivity contribution in [3.8, 4) is 0 Å². The summed E-state index contributed by atoms with van der Waals surface area (Å²) in [7, 11) is -3.05. The Balaban J connectivity index is 2.57. The van der Waals surface area contributed by atoms with Crippen LogP contribution in [-0.4, -0.2) is 25.5 Å². The average Bonchev–Trinajstić information content (AvgIpc) is 2.27. The number of rotatable bonds is 5. The van der Waals surface area contributed by atoms with E-state index >= 15 is 0 Å². The van der Waals surface area contributed by atoms with Crippen molar-refractivity contribution >= 4 is 15.5 Å². The summed E-state index contributed by atoms with van der Waals surface area (Å²) in [6.07, 6.45) is 0.982. The van der Waals surface area contributed by atoms with Gasteiger partial charge in [0.15, 0.2) is 9.84 Å². The van der Waals surface area contributed by atoms with Gasteiger partial charge in [-0.15, -0.1) is 0 Å². The molecular weight excluding hydrogens is 246 g/mol. The summed E-state index contributed by atoms with van der Waals surface area (Å²) >= 11 is 0. The Bertz CT molecular complexity index is 487. The molecule has 3 nitrogen and oxygen atoms in total. The fourth-order valence-corrected chi connectivity index (χ4v) is 2.52. The molecule has 1 aromatic rings. The first-order valence-corrected chi connectivity index (χ1v) is 7.96. The molecule has 0 atom stereocenters. The largest absolute Gasteiger partial charge is 0.384 e. The molecule has 102 valence electrons. The first-order valence-electron chi connectivity index (χ1n) is 6.31. The molecule has 1 aromatic carbocycles. The number of anilines is 1. The molecule has 0 spiro atoms. The van der Waals surface area contributed by atoms with Gasteiger partial charge in [-0.1, -0.05) is 19.1 Å². The molecule has 0 heterocycles. The third-order valence-corrected chi connectivity index (χ3v) is 5.58. The number of hydrogen-bond donors (Lipinski definition) is 1. The van der Waals surface area contributed by atoms with Crippen LogP contribution in [-0.2, 0) is 16.3 Å². The van der Waals surface area contributed by atoms with Crippen molar-refractivity contribution in [2.45, 2.75) is 38.9 Å². The maximum Gasteiger partial charge on any atom is 0.156 e. The van der Waals surface area contributed by atoms with Crippen LogP contribution in [0.4, 0.5) is 5.69 Å². The SMILES string of the molecule is CCc1cccc(NCCS(=O)(=O)C(C)(C)C)c1. The summed E-state index contributed by atoms with van der Waals surface area (Å²) in [6.45, 7) is 7.76. The summed E-state index contributed by atoms with van der Waals surface area (Å²) in [5.41, 5.74) is 2.23. The van der Waals surface area contributed by atoms with Gasteiger partial charge in [0.05, 0.1) is 10.5 Å². The second-order valence-electron chi connectivity index (χ2n) is 5.41. The van der Waals surface area contributed by atoms with Gasteiger partial charge in [0.25, 0.3) is 0 Å². The molecule has 4 heteroatoms. The highest BCUT2D eigenvalue weighted by Crippen LogP contribution is 2.16. The maximum atomic E-state index is 11.9. The molecule has 0 radical (unpaired) electrons. The molecule has 18 heavy (non-hydrogen) atoms. The predicted octanol–water partition coefficient (Wildman–Crippen LogP) is 2.87. The Kier molecular flexibility index (Phi) is 4.79. The zero-order chi connectivity index (χ0) is 13.8. The fourth-order valence-electron chi connectivity index (χ4n) is 1.54. The highest BCUT2D eigenvalue weighted by Gasteiger charge is 2.28. The summed E-state index contributed by atoms with van der Waals surface area (Å²) in [5, 5.41) is 3.17. The first-order chi connectivity index (χ1) is 8.26. The lowest BCUT2D eigenvalue weighted by Crippen LogP contribution is -2.32. The Morgan fingerprint density at radius 3 is 2.44 bits per heavy atom. The van der Waals surface area contributed by atoms with Crippen molar-refractivity contribution in [2.24, 2.45) is 0 Å². The molecule has 0 unspecified atom stereocenters. The van der Waals surface area contributed by atoms with E-state index < -0.39 is 14.6 Å². The normalized spacial score (nSPS) is 12.4. The molecule has 0 aromatic heterocycles. The Morgan fingerprint density at radius 2 is 1.89 bits per heavy atom. The van der Waals surface area contributed by atoms with E-state index in [1.54, 1.807) is 20.8 Å². The quantitative estimate of drug-likeness (QED) is 0.894. The second kappa shape index (κ2) is 5.74. The third-order valence-electron chi connectivity index (χ3n) is 2.97. The summed E-state index contributed by atoms with van der Waals surface area (Å²) in [5.74, 6) is 0.160. The van der Waals surface area contributed by atoms with Crippen molar-refractivity contribution in [2.75, 3.05) is 17.6 Å². The first kappa shape index (κ1) is 15.0. The second-order valence-corrected chi connectivity index (χ2v) is 8.27. The monoisotopic (exact) mass is 269 g/mol. The summed E-state index contributed by atoms with van der Waals surface area (Å²) < 4.78 is 23.2. The minimum atomic E-state index is -3.05. The van der Waals surface area contributed by atoms with Gasteiger partial charge >= 0.3 is 0 Å². The maximum absolute atomic E-state index is 11.9. The lowest BCUT2D eigenvalue weighted by molar-refractivity contribution is 0.560. The molecule has 0 aliphatic carbocycles. The van der Waals surface area contributed by atoms with Gasteiger partial charge in [-0.05, 0) is 44.9 Å². The zero-order valence-electron chi connectivity index (χ0n) is 11.7. The Labute approximate surface area is 111 Å². The molecule has 1 N–H and O–H groups in total. The van der Waals surface area contributed by atoms with Crippen molar-refractivity contribution < 1.29 is 8.42 Å². The highest BCUT2D eigenvalue weighted by molar-refractivity contribution is 7.92. The van der Waals surface area contributed by atoms with E-state index in [0.29, 0.717) is 6.54 Å². The molecule has 0 bridgehead atoms. The van der Waals surface area contributed by atoms with Crippen LogP contribution < -0.4 is 5.32 Å². The lowest BCUT2D eigenvalue weighted by atomic mass is 10.1. The summed E-state index contributed by atoms with van der Waals surface area (Å²) in [4.78, 5) is 0. The molecule has 0 saturated carbocycles. The minimum Gasteiger partial charge on any atom is -0.384 e. The van der Waals surface area contributed by atoms with Crippen LogP contribution in [0.5, 0.6) is 0 Å². The number of hydrogen-bond acceptors (Lipinski definition) is 3. The van der Waals surface area contributed by atoms with Gasteiger partial charge in [0, 0.05) is 12.2 Å². The van der Waals surface area contributed by atoms with Crippen LogP contribution in [0.3, 0.4) is 0 Å². The van der Waals surface area contributed by atoms with Gasteiger partial charge in [0.2, 0.25) is 0 Å². The van der Waals surface area contributed by atoms with Gasteiger partial charge in [-0.3, -0.25) is 0 Å². The lowest BCUT2D eigenvalue weighted by Gasteiger charge is -2.19. The van der Waals surface area contributed by atoms with Crippen LogP contribution in [0.1, 0.15) is 33.3 Å². The van der Waals surface area contributed by atoms with Crippen LogP contribution in [0.15, 0.2) is 24.3 Å². The van der Waals surface area contributed by atoms with Crippen LogP contribution in [0, 0.1) is 0 Å². The van der Waals surface area contributed by atoms with Crippen LogP contribution in [0.2, 0.25) is 0 Å².